The van der Waals surface area contributed by atoms with Crippen LogP contribution >= 0.6 is 27.7 Å². The van der Waals surface area contributed by atoms with E-state index in [1.807, 2.05) is 0 Å². The van der Waals surface area contributed by atoms with Crippen molar-refractivity contribution >= 4 is 33.4 Å². The minimum atomic E-state index is -4.32. The summed E-state index contributed by atoms with van der Waals surface area (Å²) in [5.74, 6) is 1.99. The molecule has 1 aromatic rings. The maximum Gasteiger partial charge on any atom is 0.418 e. The number of hydrogen-bond acceptors (Lipinski definition) is 2. The molecule has 0 amide bonds. The summed E-state index contributed by atoms with van der Waals surface area (Å²) in [5.41, 5.74) is -0.479. The van der Waals surface area contributed by atoms with Crippen LogP contribution in [-0.2, 0) is 6.18 Å². The number of hydrogen-bond donors (Lipinski definition) is 1. The number of nitrogens with one attached hydrogen (secondary N) is 1. The Morgan fingerprint density at radius 2 is 2.06 bits per heavy atom. The minimum Gasteiger partial charge on any atom is -0.384 e. The first-order valence-corrected chi connectivity index (χ1v) is 7.58. The summed E-state index contributed by atoms with van der Waals surface area (Å²) in [6, 6.07) is 3.96. The molecule has 0 aliphatic carbocycles. The molecule has 1 aromatic carbocycles. The summed E-state index contributed by atoms with van der Waals surface area (Å²) in [6.07, 6.45) is -3.47. The van der Waals surface area contributed by atoms with E-state index >= 15 is 0 Å². The molecule has 0 fully saturated rings. The normalized spacial score (nSPS) is 11.6. The molecule has 0 atom stereocenters. The molecule has 1 rings (SSSR count). The van der Waals surface area contributed by atoms with Crippen molar-refractivity contribution in [2.24, 2.45) is 0 Å². The van der Waals surface area contributed by atoms with Gasteiger partial charge in [-0.05, 0) is 36.1 Å². The molecule has 0 spiro atoms. The maximum absolute atomic E-state index is 12.8. The third-order valence-corrected chi connectivity index (χ3v) is 3.75. The van der Waals surface area contributed by atoms with E-state index in [4.69, 9.17) is 0 Å². The van der Waals surface area contributed by atoms with Crippen LogP contribution < -0.4 is 5.32 Å². The van der Waals surface area contributed by atoms with E-state index < -0.39 is 11.7 Å². The summed E-state index contributed by atoms with van der Waals surface area (Å²) < 4.78 is 38.9. The average Bonchev–Trinajstić information content (AvgIpc) is 2.27. The van der Waals surface area contributed by atoms with Gasteiger partial charge < -0.3 is 5.32 Å². The first-order valence-electron chi connectivity index (χ1n) is 5.63. The predicted molar refractivity (Wildman–Crippen MR) is 75.2 cm³/mol. The van der Waals surface area contributed by atoms with Crippen molar-refractivity contribution in [3.8, 4) is 0 Å². The maximum atomic E-state index is 12.8. The van der Waals surface area contributed by atoms with E-state index in [-0.39, 0.29) is 5.69 Å². The minimum absolute atomic E-state index is 0.137. The van der Waals surface area contributed by atoms with Crippen LogP contribution in [0.4, 0.5) is 18.9 Å². The van der Waals surface area contributed by atoms with E-state index in [0.717, 1.165) is 24.0 Å². The number of alkyl halides is 3. The van der Waals surface area contributed by atoms with E-state index in [1.54, 1.807) is 11.8 Å². The molecule has 0 aliphatic heterocycles. The van der Waals surface area contributed by atoms with Crippen LogP contribution in [0.15, 0.2) is 22.7 Å². The summed E-state index contributed by atoms with van der Waals surface area (Å²) >= 11 is 4.97. The highest BCUT2D eigenvalue weighted by atomic mass is 79.9. The van der Waals surface area contributed by atoms with Gasteiger partial charge in [-0.3, -0.25) is 0 Å². The Morgan fingerprint density at radius 3 is 2.67 bits per heavy atom. The highest BCUT2D eigenvalue weighted by molar-refractivity contribution is 9.10. The molecule has 18 heavy (non-hydrogen) atoms. The Kier molecular flexibility index (Phi) is 6.35. The summed E-state index contributed by atoms with van der Waals surface area (Å²) in [6.45, 7) is 2.61. The summed E-state index contributed by atoms with van der Waals surface area (Å²) in [5, 5.41) is 2.86. The second kappa shape index (κ2) is 7.28. The predicted octanol–water partition coefficient (Wildman–Crippen LogP) is 5.02. The monoisotopic (exact) mass is 341 g/mol. The SMILES string of the molecule is CCSCCCNc1cc(Br)ccc1C(F)(F)F. The molecule has 0 aromatic heterocycles. The molecule has 6 heteroatoms. The molecular formula is C12H15BrF3NS. The fourth-order valence-electron chi connectivity index (χ4n) is 1.45. The van der Waals surface area contributed by atoms with Crippen LogP contribution in [0, 0.1) is 0 Å². The van der Waals surface area contributed by atoms with Gasteiger partial charge >= 0.3 is 6.18 Å². The molecular weight excluding hydrogens is 327 g/mol. The van der Waals surface area contributed by atoms with E-state index in [1.165, 1.54) is 12.1 Å². The fourth-order valence-corrected chi connectivity index (χ4v) is 2.45. The molecule has 102 valence electrons. The van der Waals surface area contributed by atoms with Crippen LogP contribution in [0.25, 0.3) is 0 Å². The van der Waals surface area contributed by atoms with E-state index in [9.17, 15) is 13.2 Å². The molecule has 1 N–H and O–H groups in total. The van der Waals surface area contributed by atoms with Gasteiger partial charge in [0.1, 0.15) is 0 Å². The lowest BCUT2D eigenvalue weighted by Crippen LogP contribution is -2.12. The first kappa shape index (κ1) is 15.7. The smallest absolute Gasteiger partial charge is 0.384 e. The fraction of sp³-hybridized carbons (Fsp3) is 0.500. The molecule has 0 saturated carbocycles. The Bertz CT molecular complexity index is 382. The second-order valence-electron chi connectivity index (χ2n) is 3.66. The van der Waals surface area contributed by atoms with Crippen molar-refractivity contribution in [3.05, 3.63) is 28.2 Å². The van der Waals surface area contributed by atoms with Gasteiger partial charge in [0.05, 0.1) is 5.56 Å². The largest absolute Gasteiger partial charge is 0.418 e. The van der Waals surface area contributed by atoms with Crippen LogP contribution in [0.5, 0.6) is 0 Å². The topological polar surface area (TPSA) is 12.0 Å². The van der Waals surface area contributed by atoms with Crippen molar-refractivity contribution in [3.63, 3.8) is 0 Å². The van der Waals surface area contributed by atoms with Gasteiger partial charge in [-0.15, -0.1) is 0 Å². The molecule has 1 nitrogen and oxygen atoms in total. The number of benzene rings is 1. The second-order valence-corrected chi connectivity index (χ2v) is 5.97. The molecule has 0 bridgehead atoms. The van der Waals surface area contributed by atoms with Crippen LogP contribution in [0.1, 0.15) is 18.9 Å². The van der Waals surface area contributed by atoms with Gasteiger partial charge in [0.2, 0.25) is 0 Å². The Morgan fingerprint density at radius 1 is 1.33 bits per heavy atom. The van der Waals surface area contributed by atoms with Crippen LogP contribution in [-0.4, -0.2) is 18.1 Å². The molecule has 0 radical (unpaired) electrons. The van der Waals surface area contributed by atoms with Crippen LogP contribution in [0.2, 0.25) is 0 Å². The third kappa shape index (κ3) is 5.10. The average molecular weight is 342 g/mol. The zero-order chi connectivity index (χ0) is 13.6. The van der Waals surface area contributed by atoms with Crippen LogP contribution in [0.3, 0.4) is 0 Å². The first-order chi connectivity index (χ1) is 8.45. The van der Waals surface area contributed by atoms with Gasteiger partial charge in [0.25, 0.3) is 0 Å². The van der Waals surface area contributed by atoms with Gasteiger partial charge in [-0.2, -0.15) is 24.9 Å². The molecule has 0 unspecified atom stereocenters. The highest BCUT2D eigenvalue weighted by Crippen LogP contribution is 2.36. The Labute approximate surface area is 118 Å². The van der Waals surface area contributed by atoms with Crippen molar-refractivity contribution in [2.75, 3.05) is 23.4 Å². The zero-order valence-corrected chi connectivity index (χ0v) is 12.4. The number of halogens is 4. The van der Waals surface area contributed by atoms with Gasteiger partial charge in [0, 0.05) is 16.7 Å². The number of thioether (sulfide) groups is 1. The van der Waals surface area contributed by atoms with Crippen molar-refractivity contribution in [1.29, 1.82) is 0 Å². The lowest BCUT2D eigenvalue weighted by atomic mass is 10.1. The lowest BCUT2D eigenvalue weighted by molar-refractivity contribution is -0.136. The van der Waals surface area contributed by atoms with Crippen molar-refractivity contribution in [1.82, 2.24) is 0 Å². The van der Waals surface area contributed by atoms with Gasteiger partial charge in [-0.25, -0.2) is 0 Å². The quantitative estimate of drug-likeness (QED) is 0.729. The Balaban J connectivity index is 2.65. The summed E-state index contributed by atoms with van der Waals surface area (Å²) in [7, 11) is 0. The number of anilines is 1. The lowest BCUT2D eigenvalue weighted by Gasteiger charge is -2.14. The van der Waals surface area contributed by atoms with E-state index in [0.29, 0.717) is 11.0 Å². The van der Waals surface area contributed by atoms with Crippen molar-refractivity contribution in [2.45, 2.75) is 19.5 Å². The molecule has 0 saturated heterocycles. The highest BCUT2D eigenvalue weighted by Gasteiger charge is 2.33. The number of rotatable bonds is 6. The third-order valence-electron chi connectivity index (χ3n) is 2.27. The van der Waals surface area contributed by atoms with E-state index in [2.05, 4.69) is 28.2 Å². The molecule has 0 aliphatic rings. The zero-order valence-electron chi connectivity index (χ0n) is 9.98. The van der Waals surface area contributed by atoms with Crippen molar-refractivity contribution < 1.29 is 13.2 Å². The Hall–Kier alpha value is -0.360. The van der Waals surface area contributed by atoms with Gasteiger partial charge in [0.15, 0.2) is 0 Å². The standard InChI is InChI=1S/C12H15BrF3NS/c1-2-18-7-3-6-17-11-8-9(13)4-5-10(11)12(14,15)16/h4-5,8,17H,2-3,6-7H2,1H3. The summed E-state index contributed by atoms with van der Waals surface area (Å²) in [4.78, 5) is 0. The van der Waals surface area contributed by atoms with Gasteiger partial charge in [-0.1, -0.05) is 22.9 Å². The molecule has 0 heterocycles.